The highest BCUT2D eigenvalue weighted by Gasteiger charge is 2.26. The Kier molecular flexibility index (Phi) is 13.8. The first-order chi connectivity index (χ1) is 23.3. The predicted octanol–water partition coefficient (Wildman–Crippen LogP) is 0.810. The van der Waals surface area contributed by atoms with Crippen molar-refractivity contribution in [1.29, 1.82) is 0 Å². The highest BCUT2D eigenvalue weighted by Crippen LogP contribution is 2.22. The number of azo groups is 1. The molecule has 8 N–H and O–H groups in total. The molecule has 0 aliphatic carbocycles. The van der Waals surface area contributed by atoms with Gasteiger partial charge in [0.15, 0.2) is 0 Å². The number of nitrogens with one attached hydrogen (secondary N) is 4. The third-order valence-electron chi connectivity index (χ3n) is 6.84. The first-order valence-corrected chi connectivity index (χ1v) is 14.8. The molecule has 0 radical (unpaired) electrons. The zero-order valence-electron chi connectivity index (χ0n) is 26.0. The third kappa shape index (κ3) is 12.8. The van der Waals surface area contributed by atoms with Gasteiger partial charge in [0.05, 0.1) is 30.4 Å². The molecule has 1 heterocycles. The van der Waals surface area contributed by atoms with E-state index < -0.39 is 72.4 Å². The minimum absolute atomic E-state index is 0.0335. The van der Waals surface area contributed by atoms with Crippen LogP contribution in [0.2, 0.25) is 0 Å². The van der Waals surface area contributed by atoms with Gasteiger partial charge in [-0.1, -0.05) is 0 Å². The molecule has 1 aliphatic rings. The molecule has 0 spiro atoms. The number of carboxylic acid groups (broad SMARTS) is 2. The van der Waals surface area contributed by atoms with Gasteiger partial charge in [-0.25, -0.2) is 0 Å². The summed E-state index contributed by atoms with van der Waals surface area (Å²) in [5, 5.41) is 36.2. The average Bonchev–Trinajstić information content (AvgIpc) is 3.38. The number of hydrogen-bond donors (Lipinski definition) is 7. The van der Waals surface area contributed by atoms with Gasteiger partial charge in [-0.05, 0) is 67.8 Å². The largest absolute Gasteiger partial charge is 0.481 e. The van der Waals surface area contributed by atoms with Gasteiger partial charge in [0.25, 0.3) is 11.8 Å². The lowest BCUT2D eigenvalue weighted by Gasteiger charge is -2.14. The molecule has 1 aliphatic heterocycles. The van der Waals surface area contributed by atoms with Crippen LogP contribution >= 0.6 is 0 Å². The van der Waals surface area contributed by atoms with Crippen molar-refractivity contribution < 1.29 is 48.6 Å². The fraction of sp³-hybridized carbons (Fsp3) is 0.290. The maximum absolute atomic E-state index is 12.2. The molecule has 2 atom stereocenters. The van der Waals surface area contributed by atoms with Crippen LogP contribution in [0.1, 0.15) is 25.7 Å². The first-order valence-electron chi connectivity index (χ1n) is 14.8. The van der Waals surface area contributed by atoms with Gasteiger partial charge in [0, 0.05) is 29.9 Å². The lowest BCUT2D eigenvalue weighted by molar-refractivity contribution is -0.144. The predicted molar refractivity (Wildman–Crippen MR) is 171 cm³/mol. The fourth-order valence-electron chi connectivity index (χ4n) is 4.24. The van der Waals surface area contributed by atoms with Crippen LogP contribution < -0.4 is 27.0 Å². The molecule has 0 fully saturated rings. The van der Waals surface area contributed by atoms with Crippen LogP contribution in [0.3, 0.4) is 0 Å². The van der Waals surface area contributed by atoms with Gasteiger partial charge in [-0.3, -0.25) is 43.3 Å². The quantitative estimate of drug-likeness (QED) is 0.0855. The molecule has 1 unspecified atom stereocenters. The van der Waals surface area contributed by atoms with Crippen molar-refractivity contribution in [2.24, 2.45) is 21.9 Å². The summed E-state index contributed by atoms with van der Waals surface area (Å²) in [6.07, 6.45) is 2.00. The number of carbonyl (C=O) groups excluding carboxylic acids is 6. The Morgan fingerprint density at radius 1 is 0.694 bits per heavy atom. The summed E-state index contributed by atoms with van der Waals surface area (Å²) in [6.45, 7) is -1.19. The van der Waals surface area contributed by atoms with E-state index in [1.807, 2.05) is 0 Å². The van der Waals surface area contributed by atoms with Gasteiger partial charge in [0.1, 0.15) is 12.6 Å². The summed E-state index contributed by atoms with van der Waals surface area (Å²) in [5.41, 5.74) is 7.18. The highest BCUT2D eigenvalue weighted by molar-refractivity contribution is 6.15. The molecule has 49 heavy (non-hydrogen) atoms. The van der Waals surface area contributed by atoms with Crippen molar-refractivity contribution in [3.05, 3.63) is 60.7 Å². The summed E-state index contributed by atoms with van der Waals surface area (Å²) < 4.78 is 0. The van der Waals surface area contributed by atoms with E-state index in [1.165, 1.54) is 0 Å². The summed E-state index contributed by atoms with van der Waals surface area (Å²) >= 11 is 0. The van der Waals surface area contributed by atoms with Crippen molar-refractivity contribution in [2.75, 3.05) is 30.3 Å². The Morgan fingerprint density at radius 2 is 1.18 bits per heavy atom. The molecule has 6 amide bonds. The van der Waals surface area contributed by atoms with E-state index in [4.69, 9.17) is 10.8 Å². The van der Waals surface area contributed by atoms with Crippen LogP contribution in [0.25, 0.3) is 0 Å². The lowest BCUT2D eigenvalue weighted by Crippen LogP contribution is -2.40. The molecule has 0 saturated heterocycles. The van der Waals surface area contributed by atoms with Crippen LogP contribution in [-0.2, 0) is 38.4 Å². The highest BCUT2D eigenvalue weighted by atomic mass is 16.4. The van der Waals surface area contributed by atoms with Crippen molar-refractivity contribution in [2.45, 2.75) is 31.7 Å². The molecule has 18 heteroatoms. The Balaban J connectivity index is 1.33. The summed E-state index contributed by atoms with van der Waals surface area (Å²) in [6, 6.07) is 11.4. The molecule has 3 rings (SSSR count). The zero-order chi connectivity index (χ0) is 35.9. The lowest BCUT2D eigenvalue weighted by atomic mass is 9.94. The Hall–Kier alpha value is -6.30. The van der Waals surface area contributed by atoms with Crippen LogP contribution in [0.15, 0.2) is 70.9 Å². The Bertz CT molecular complexity index is 1620. The van der Waals surface area contributed by atoms with Crippen molar-refractivity contribution in [1.82, 2.24) is 15.5 Å². The second-order valence-corrected chi connectivity index (χ2v) is 10.6. The maximum atomic E-state index is 12.2. The fourth-order valence-corrected chi connectivity index (χ4v) is 4.24. The normalized spacial score (nSPS) is 13.5. The number of anilines is 2. The van der Waals surface area contributed by atoms with E-state index in [0.29, 0.717) is 22.7 Å². The standard InChI is InChI=1S/C31H34N8O10/c32-23(31(48)49)14-18(30(46)47)2-1-3-24(40)33-15-25(41)34-16-26(42)35-19-4-8-21(9-5-19)37-38-22-10-6-20(7-11-22)36-27(43)17-39-28(44)12-13-29(39)45/h4-13,18,23H,1-3,14-17,32H2,(H,33,40)(H,34,41)(H,35,42)(H,36,43)(H,46,47)(H,48,49)/b38-37+/t18?,23-/m0/s1. The van der Waals surface area contributed by atoms with Crippen molar-refractivity contribution in [3.8, 4) is 0 Å². The second kappa shape index (κ2) is 18.1. The van der Waals surface area contributed by atoms with E-state index in [0.717, 1.165) is 17.1 Å². The van der Waals surface area contributed by atoms with Crippen LogP contribution in [-0.4, -0.2) is 88.2 Å². The monoisotopic (exact) mass is 678 g/mol. The van der Waals surface area contributed by atoms with Gasteiger partial charge < -0.3 is 37.2 Å². The number of benzene rings is 2. The molecule has 2 aromatic rings. The van der Waals surface area contributed by atoms with Gasteiger partial charge in [-0.2, -0.15) is 10.2 Å². The van der Waals surface area contributed by atoms with E-state index in [9.17, 15) is 43.5 Å². The van der Waals surface area contributed by atoms with E-state index in [-0.39, 0.29) is 32.2 Å². The molecule has 0 bridgehead atoms. The van der Waals surface area contributed by atoms with Gasteiger partial charge >= 0.3 is 11.9 Å². The smallest absolute Gasteiger partial charge is 0.320 e. The second-order valence-electron chi connectivity index (χ2n) is 10.6. The molecule has 2 aromatic carbocycles. The van der Waals surface area contributed by atoms with E-state index in [1.54, 1.807) is 48.5 Å². The van der Waals surface area contributed by atoms with Gasteiger partial charge in [-0.15, -0.1) is 0 Å². The molecule has 0 aromatic heterocycles. The van der Waals surface area contributed by atoms with E-state index in [2.05, 4.69) is 31.5 Å². The van der Waals surface area contributed by atoms with Crippen molar-refractivity contribution >= 4 is 70.1 Å². The number of amides is 6. The molecular weight excluding hydrogens is 644 g/mol. The number of carbonyl (C=O) groups is 8. The molecule has 18 nitrogen and oxygen atoms in total. The number of nitrogens with zero attached hydrogens (tertiary/aromatic N) is 3. The topological polar surface area (TPSA) is 279 Å². The van der Waals surface area contributed by atoms with Gasteiger partial charge in [0.2, 0.25) is 23.6 Å². The zero-order valence-corrected chi connectivity index (χ0v) is 26.0. The SMILES string of the molecule is N[C@@H](CC(CCCC(=O)NCC(=O)NCC(=O)Nc1ccc(/N=N/c2ccc(NC(=O)CN3C(=O)C=CC3=O)cc2)cc1)C(=O)O)C(=O)O. The number of nitrogens with two attached hydrogens (primary N) is 1. The molecule has 0 saturated carbocycles. The average molecular weight is 679 g/mol. The number of carboxylic acids is 2. The first kappa shape index (κ1) is 37.2. The minimum atomic E-state index is -1.33. The molecule has 258 valence electrons. The van der Waals surface area contributed by atoms with Crippen molar-refractivity contribution in [3.63, 3.8) is 0 Å². The number of rotatable bonds is 18. The minimum Gasteiger partial charge on any atom is -0.481 e. The Morgan fingerprint density at radius 3 is 1.69 bits per heavy atom. The number of aliphatic carboxylic acids is 2. The summed E-state index contributed by atoms with van der Waals surface area (Å²) in [4.78, 5) is 94.5. The Labute approximate surface area is 278 Å². The summed E-state index contributed by atoms with van der Waals surface area (Å²) in [7, 11) is 0. The van der Waals surface area contributed by atoms with Crippen LogP contribution in [0, 0.1) is 5.92 Å². The summed E-state index contributed by atoms with van der Waals surface area (Å²) in [5.74, 6) is -6.88. The van der Waals surface area contributed by atoms with Crippen LogP contribution in [0.5, 0.6) is 0 Å². The molecular formula is C31H34N8O10. The maximum Gasteiger partial charge on any atom is 0.320 e. The third-order valence-corrected chi connectivity index (χ3v) is 6.84. The number of hydrogen-bond acceptors (Lipinski definition) is 11. The van der Waals surface area contributed by atoms with Crippen LogP contribution in [0.4, 0.5) is 22.7 Å². The van der Waals surface area contributed by atoms with E-state index >= 15 is 0 Å². The number of imide groups is 1.